The van der Waals surface area contributed by atoms with Crippen LogP contribution in [0.25, 0.3) is 0 Å². The number of alkyl carbamates (subject to hydrolysis) is 1. The van der Waals surface area contributed by atoms with Crippen LogP contribution in [0.5, 0.6) is 0 Å². The number of likely N-dealkylation sites (tertiary alicyclic amines) is 1. The van der Waals surface area contributed by atoms with E-state index < -0.39 is 0 Å². The summed E-state index contributed by atoms with van der Waals surface area (Å²) >= 11 is 0. The molecule has 1 saturated heterocycles. The second-order valence-corrected chi connectivity index (χ2v) is 8.76. The number of piperidine rings is 1. The van der Waals surface area contributed by atoms with Crippen LogP contribution >= 0.6 is 0 Å². The summed E-state index contributed by atoms with van der Waals surface area (Å²) in [5.41, 5.74) is 3.31. The van der Waals surface area contributed by atoms with E-state index >= 15 is 0 Å². The van der Waals surface area contributed by atoms with E-state index in [0.29, 0.717) is 11.5 Å². The summed E-state index contributed by atoms with van der Waals surface area (Å²) in [6.07, 6.45) is 9.23. The van der Waals surface area contributed by atoms with E-state index in [1.807, 2.05) is 0 Å². The number of nitrogens with zero attached hydrogens (tertiary/aromatic N) is 1. The molecule has 1 spiro atoms. The Balaban J connectivity index is 1.18. The molecule has 3 fully saturated rings. The van der Waals surface area contributed by atoms with Crippen molar-refractivity contribution in [1.29, 1.82) is 0 Å². The molecule has 0 unspecified atom stereocenters. The van der Waals surface area contributed by atoms with Crippen molar-refractivity contribution in [2.24, 2.45) is 5.41 Å². The minimum atomic E-state index is -0.186. The highest BCUT2D eigenvalue weighted by Gasteiger charge is 2.46. The zero-order valence-corrected chi connectivity index (χ0v) is 16.0. The summed E-state index contributed by atoms with van der Waals surface area (Å²) in [7, 11) is 0. The monoisotopic (exact) mass is 356 g/mol. The SMILES string of the molecule is Cc1ccccc1CN1CCC2(CC1)CC(NC(=O)OC1CCCC1)C2. The fraction of sp³-hybridized carbons (Fsp3) is 0.682. The second-order valence-electron chi connectivity index (χ2n) is 8.76. The first-order valence-corrected chi connectivity index (χ1v) is 10.4. The average Bonchev–Trinajstić information content (AvgIpc) is 3.10. The number of rotatable bonds is 4. The van der Waals surface area contributed by atoms with Crippen molar-refractivity contribution in [2.75, 3.05) is 13.1 Å². The van der Waals surface area contributed by atoms with Gasteiger partial charge in [-0.3, -0.25) is 4.90 Å². The fourth-order valence-corrected chi connectivity index (χ4v) is 5.07. The summed E-state index contributed by atoms with van der Waals surface area (Å²) < 4.78 is 5.53. The standard InChI is InChI=1S/C22H32N2O2/c1-17-6-2-3-7-18(17)16-24-12-10-22(11-13-24)14-19(15-22)23-21(25)26-20-8-4-5-9-20/h2-3,6-7,19-20H,4-5,8-16H2,1H3,(H,23,25). The van der Waals surface area contributed by atoms with Gasteiger partial charge in [-0.15, -0.1) is 0 Å². The smallest absolute Gasteiger partial charge is 0.407 e. The highest BCUT2D eigenvalue weighted by Crippen LogP contribution is 2.49. The summed E-state index contributed by atoms with van der Waals surface area (Å²) in [6.45, 7) is 5.62. The number of hydrogen-bond acceptors (Lipinski definition) is 3. The maximum atomic E-state index is 12.0. The Labute approximate surface area is 157 Å². The summed E-state index contributed by atoms with van der Waals surface area (Å²) in [5.74, 6) is 0. The molecule has 1 aromatic rings. The molecule has 4 heteroatoms. The molecule has 1 heterocycles. The van der Waals surface area contributed by atoms with Gasteiger partial charge in [0.15, 0.2) is 0 Å². The Hall–Kier alpha value is -1.55. The Morgan fingerprint density at radius 3 is 2.58 bits per heavy atom. The molecule has 3 aliphatic rings. The zero-order valence-electron chi connectivity index (χ0n) is 16.0. The summed E-state index contributed by atoms with van der Waals surface area (Å²) in [6, 6.07) is 9.03. The third-order valence-electron chi connectivity index (χ3n) is 6.83. The largest absolute Gasteiger partial charge is 0.446 e. The van der Waals surface area contributed by atoms with Crippen LogP contribution in [0.2, 0.25) is 0 Å². The van der Waals surface area contributed by atoms with E-state index in [-0.39, 0.29) is 12.2 Å². The van der Waals surface area contributed by atoms with Gasteiger partial charge in [0.05, 0.1) is 0 Å². The van der Waals surface area contributed by atoms with Crippen molar-refractivity contribution in [2.45, 2.75) is 77.0 Å². The molecule has 1 aliphatic heterocycles. The summed E-state index contributed by atoms with van der Waals surface area (Å²) in [5, 5.41) is 3.10. The van der Waals surface area contributed by atoms with Gasteiger partial charge in [-0.05, 0) is 87.9 Å². The number of carbonyl (C=O) groups excluding carboxylic acids is 1. The lowest BCUT2D eigenvalue weighted by Crippen LogP contribution is -2.55. The van der Waals surface area contributed by atoms with Crippen LogP contribution in [0.1, 0.15) is 62.5 Å². The molecular weight excluding hydrogens is 324 g/mol. The lowest BCUT2D eigenvalue weighted by Gasteiger charge is -2.52. The van der Waals surface area contributed by atoms with Gasteiger partial charge in [0.1, 0.15) is 6.10 Å². The van der Waals surface area contributed by atoms with E-state index in [1.54, 1.807) is 0 Å². The van der Waals surface area contributed by atoms with Gasteiger partial charge in [-0.25, -0.2) is 4.79 Å². The van der Waals surface area contributed by atoms with Crippen molar-refractivity contribution in [3.8, 4) is 0 Å². The molecule has 1 N–H and O–H groups in total. The van der Waals surface area contributed by atoms with Gasteiger partial charge in [0.2, 0.25) is 0 Å². The van der Waals surface area contributed by atoms with Crippen LogP contribution in [0.3, 0.4) is 0 Å². The lowest BCUT2D eigenvalue weighted by molar-refractivity contribution is 0.00101. The van der Waals surface area contributed by atoms with E-state index in [0.717, 1.165) is 32.2 Å². The van der Waals surface area contributed by atoms with Crippen LogP contribution in [0.4, 0.5) is 4.79 Å². The highest BCUT2D eigenvalue weighted by molar-refractivity contribution is 5.68. The van der Waals surface area contributed by atoms with Crippen molar-refractivity contribution < 1.29 is 9.53 Å². The van der Waals surface area contributed by atoms with Gasteiger partial charge in [-0.1, -0.05) is 24.3 Å². The van der Waals surface area contributed by atoms with Crippen molar-refractivity contribution in [1.82, 2.24) is 10.2 Å². The van der Waals surface area contributed by atoms with Gasteiger partial charge in [0, 0.05) is 12.6 Å². The van der Waals surface area contributed by atoms with Crippen LogP contribution in [0, 0.1) is 12.3 Å². The third-order valence-corrected chi connectivity index (χ3v) is 6.83. The van der Waals surface area contributed by atoms with E-state index in [4.69, 9.17) is 4.74 Å². The van der Waals surface area contributed by atoms with Crippen molar-refractivity contribution in [3.05, 3.63) is 35.4 Å². The first kappa shape index (κ1) is 17.8. The Morgan fingerprint density at radius 2 is 1.88 bits per heavy atom. The molecule has 2 aliphatic carbocycles. The normalized spacial score (nSPS) is 23.7. The molecule has 142 valence electrons. The minimum Gasteiger partial charge on any atom is -0.446 e. The van der Waals surface area contributed by atoms with Gasteiger partial charge in [-0.2, -0.15) is 0 Å². The maximum absolute atomic E-state index is 12.0. The lowest BCUT2D eigenvalue weighted by atomic mass is 9.60. The van der Waals surface area contributed by atoms with E-state index in [9.17, 15) is 4.79 Å². The van der Waals surface area contributed by atoms with E-state index in [1.165, 1.54) is 49.9 Å². The molecule has 1 amide bonds. The maximum Gasteiger partial charge on any atom is 0.407 e. The number of nitrogens with one attached hydrogen (secondary N) is 1. The second kappa shape index (κ2) is 7.59. The Bertz CT molecular complexity index is 623. The van der Waals surface area contributed by atoms with Crippen molar-refractivity contribution >= 4 is 6.09 Å². The van der Waals surface area contributed by atoms with Crippen LogP contribution < -0.4 is 5.32 Å². The van der Waals surface area contributed by atoms with Gasteiger partial charge >= 0.3 is 6.09 Å². The molecule has 4 rings (SSSR count). The first-order chi connectivity index (χ1) is 12.6. The Kier molecular flexibility index (Phi) is 5.21. The summed E-state index contributed by atoms with van der Waals surface area (Å²) in [4.78, 5) is 14.6. The van der Waals surface area contributed by atoms with Gasteiger partial charge in [0.25, 0.3) is 0 Å². The number of benzene rings is 1. The van der Waals surface area contributed by atoms with E-state index in [2.05, 4.69) is 41.4 Å². The number of carbonyl (C=O) groups is 1. The quantitative estimate of drug-likeness (QED) is 0.869. The molecule has 0 radical (unpaired) electrons. The molecule has 1 aromatic carbocycles. The predicted octanol–water partition coefficient (Wildman–Crippen LogP) is 4.41. The minimum absolute atomic E-state index is 0.161. The first-order valence-electron chi connectivity index (χ1n) is 10.4. The van der Waals surface area contributed by atoms with Crippen LogP contribution in [-0.4, -0.2) is 36.2 Å². The zero-order chi connectivity index (χ0) is 18.0. The topological polar surface area (TPSA) is 41.6 Å². The third kappa shape index (κ3) is 4.06. The van der Waals surface area contributed by atoms with Gasteiger partial charge < -0.3 is 10.1 Å². The Morgan fingerprint density at radius 1 is 1.19 bits per heavy atom. The molecule has 0 bridgehead atoms. The molecule has 0 aromatic heterocycles. The number of hydrogen-bond donors (Lipinski definition) is 1. The number of ether oxygens (including phenoxy) is 1. The highest BCUT2D eigenvalue weighted by atomic mass is 16.6. The molecule has 2 saturated carbocycles. The average molecular weight is 357 g/mol. The molecule has 0 atom stereocenters. The van der Waals surface area contributed by atoms with Crippen LogP contribution in [0.15, 0.2) is 24.3 Å². The molecule has 26 heavy (non-hydrogen) atoms. The molecular formula is C22H32N2O2. The predicted molar refractivity (Wildman–Crippen MR) is 103 cm³/mol. The number of aryl methyl sites for hydroxylation is 1. The van der Waals surface area contributed by atoms with Crippen LogP contribution in [-0.2, 0) is 11.3 Å². The fourth-order valence-electron chi connectivity index (χ4n) is 5.07. The van der Waals surface area contributed by atoms with Crippen molar-refractivity contribution in [3.63, 3.8) is 0 Å². The number of amides is 1. The molecule has 4 nitrogen and oxygen atoms in total.